The van der Waals surface area contributed by atoms with Gasteiger partial charge in [0.2, 0.25) is 0 Å². The average Bonchev–Trinajstić information content (AvgIpc) is 3.76. The summed E-state index contributed by atoms with van der Waals surface area (Å²) in [6, 6.07) is 79.0. The van der Waals surface area contributed by atoms with E-state index in [-0.39, 0.29) is 5.41 Å². The molecule has 0 radical (unpaired) electrons. The fourth-order valence-corrected chi connectivity index (χ4v) is 10.7. The number of hydrogen-bond donors (Lipinski definition) is 0. The van der Waals surface area contributed by atoms with Gasteiger partial charge in [-0.15, -0.1) is 0 Å². The maximum absolute atomic E-state index is 2.46. The molecule has 0 saturated heterocycles. The van der Waals surface area contributed by atoms with Gasteiger partial charge in [0.15, 0.2) is 0 Å². The van der Waals surface area contributed by atoms with Crippen molar-refractivity contribution in [2.45, 2.75) is 19.3 Å². The molecule has 11 aromatic rings. The highest BCUT2D eigenvalue weighted by Crippen LogP contribution is 2.53. The van der Waals surface area contributed by atoms with Gasteiger partial charge < -0.3 is 14.4 Å². The van der Waals surface area contributed by atoms with Crippen LogP contribution < -0.4 is 9.80 Å². The van der Waals surface area contributed by atoms with Gasteiger partial charge in [-0.05, 0) is 129 Å². The standard InChI is InChI=1S/C59H41N3/c1-59(2)53-30-27-44-35-50(53)51-36-46(28-31-54(51)59)61(55-25-11-15-38-13-3-5-21-47(38)55)43-20-10-18-41(34-43)40-17-9-19-42(33-40)60(44)45-29-32-58-52(37-45)49-23-7-8-24-57(49)62(58)56-26-12-16-39-14-4-6-22-48(39)56/h3-37H,1-2H3. The van der Waals surface area contributed by atoms with Crippen molar-refractivity contribution in [2.75, 3.05) is 9.80 Å². The number of benzene rings is 10. The molecule has 0 spiro atoms. The zero-order valence-corrected chi connectivity index (χ0v) is 34.5. The minimum atomic E-state index is -0.160. The number of para-hydroxylation sites is 1. The third kappa shape index (κ3) is 5.06. The molecule has 0 fully saturated rings. The predicted octanol–water partition coefficient (Wildman–Crippen LogP) is 16.3. The molecule has 13 rings (SSSR count). The van der Waals surface area contributed by atoms with E-state index in [1.165, 1.54) is 76.9 Å². The van der Waals surface area contributed by atoms with Crippen LogP contribution in [0.15, 0.2) is 212 Å². The average molecular weight is 792 g/mol. The lowest BCUT2D eigenvalue weighted by atomic mass is 9.82. The Labute approximate surface area is 361 Å². The van der Waals surface area contributed by atoms with Gasteiger partial charge in [0.05, 0.1) is 22.4 Å². The lowest BCUT2D eigenvalue weighted by Crippen LogP contribution is -2.16. The van der Waals surface area contributed by atoms with E-state index >= 15 is 0 Å². The summed E-state index contributed by atoms with van der Waals surface area (Å²) in [4.78, 5) is 4.91. The van der Waals surface area contributed by atoms with Crippen molar-refractivity contribution in [2.24, 2.45) is 0 Å². The van der Waals surface area contributed by atoms with Crippen LogP contribution in [0.5, 0.6) is 0 Å². The van der Waals surface area contributed by atoms with Crippen LogP contribution in [0.4, 0.5) is 34.1 Å². The monoisotopic (exact) mass is 791 g/mol. The van der Waals surface area contributed by atoms with Crippen molar-refractivity contribution >= 4 is 77.5 Å². The molecule has 1 aliphatic carbocycles. The van der Waals surface area contributed by atoms with Crippen LogP contribution >= 0.6 is 0 Å². The van der Waals surface area contributed by atoms with E-state index in [1.807, 2.05) is 0 Å². The normalized spacial score (nSPS) is 13.7. The number of hydrogen-bond acceptors (Lipinski definition) is 2. The van der Waals surface area contributed by atoms with E-state index in [0.29, 0.717) is 0 Å². The Hall–Kier alpha value is -7.88. The van der Waals surface area contributed by atoms with Gasteiger partial charge in [-0.3, -0.25) is 0 Å². The van der Waals surface area contributed by atoms with Gasteiger partial charge in [0.25, 0.3) is 0 Å². The van der Waals surface area contributed by atoms with Crippen molar-refractivity contribution in [3.05, 3.63) is 223 Å². The third-order valence-electron chi connectivity index (χ3n) is 13.6. The van der Waals surface area contributed by atoms with Crippen LogP contribution in [-0.2, 0) is 5.41 Å². The predicted molar refractivity (Wildman–Crippen MR) is 262 cm³/mol. The molecule has 2 aliphatic rings. The number of aromatic nitrogens is 1. The van der Waals surface area contributed by atoms with Crippen LogP contribution in [0.1, 0.15) is 25.0 Å². The molecule has 0 unspecified atom stereocenters. The smallest absolute Gasteiger partial charge is 0.0542 e. The van der Waals surface area contributed by atoms with Crippen molar-refractivity contribution in [1.82, 2.24) is 4.57 Å². The lowest BCUT2D eigenvalue weighted by molar-refractivity contribution is 0.660. The van der Waals surface area contributed by atoms with Crippen LogP contribution in [0, 0.1) is 0 Å². The van der Waals surface area contributed by atoms with E-state index < -0.39 is 0 Å². The molecule has 3 heteroatoms. The first kappa shape index (κ1) is 34.9. The highest BCUT2D eigenvalue weighted by Gasteiger charge is 2.37. The summed E-state index contributed by atoms with van der Waals surface area (Å²) in [6.45, 7) is 4.75. The summed E-state index contributed by atoms with van der Waals surface area (Å²) >= 11 is 0. The zero-order chi connectivity index (χ0) is 41.1. The van der Waals surface area contributed by atoms with Crippen LogP contribution in [0.25, 0.3) is 71.3 Å². The van der Waals surface area contributed by atoms with Gasteiger partial charge >= 0.3 is 0 Å². The van der Waals surface area contributed by atoms with E-state index in [4.69, 9.17) is 0 Å². The first-order valence-corrected chi connectivity index (χ1v) is 21.6. The van der Waals surface area contributed by atoms with Gasteiger partial charge in [0.1, 0.15) is 0 Å². The summed E-state index contributed by atoms with van der Waals surface area (Å²) < 4.78 is 2.45. The molecule has 1 aromatic heterocycles. The summed E-state index contributed by atoms with van der Waals surface area (Å²) in [5.74, 6) is 0. The molecular formula is C59H41N3. The largest absolute Gasteiger partial charge is 0.310 e. The van der Waals surface area contributed by atoms with Gasteiger partial charge in [-0.25, -0.2) is 0 Å². The lowest BCUT2D eigenvalue weighted by Gasteiger charge is -2.29. The fraction of sp³-hybridized carbons (Fsp3) is 0.0508. The Balaban J connectivity index is 1.07. The third-order valence-corrected chi connectivity index (χ3v) is 13.6. The number of fused-ring (bicyclic) bond motifs is 12. The summed E-state index contributed by atoms with van der Waals surface area (Å²) in [5, 5.41) is 7.38. The van der Waals surface area contributed by atoms with Crippen molar-refractivity contribution in [1.29, 1.82) is 0 Å². The first-order valence-electron chi connectivity index (χ1n) is 21.6. The molecule has 10 aromatic carbocycles. The van der Waals surface area contributed by atoms with Crippen molar-refractivity contribution < 1.29 is 0 Å². The molecule has 0 N–H and O–H groups in total. The second-order valence-electron chi connectivity index (χ2n) is 17.4. The van der Waals surface area contributed by atoms with Crippen LogP contribution in [0.2, 0.25) is 0 Å². The van der Waals surface area contributed by atoms with E-state index in [0.717, 1.165) is 39.7 Å². The Kier molecular flexibility index (Phi) is 7.36. The van der Waals surface area contributed by atoms with Crippen molar-refractivity contribution in [3.63, 3.8) is 0 Å². The molecule has 62 heavy (non-hydrogen) atoms. The maximum Gasteiger partial charge on any atom is 0.0542 e. The van der Waals surface area contributed by atoms with Gasteiger partial charge in [0, 0.05) is 55.4 Å². The Morgan fingerprint density at radius 1 is 0.323 bits per heavy atom. The van der Waals surface area contributed by atoms with Gasteiger partial charge in [-0.2, -0.15) is 0 Å². The SMILES string of the molecule is CC1(C)c2ccc3cc2-c2cc(ccc21)N(c1cccc2ccccc12)c1cccc(c1)-c1cccc(c1)N3c1ccc2c(c1)c1ccccc1n2-c1cccc2ccccc12. The Morgan fingerprint density at radius 2 is 0.790 bits per heavy atom. The molecule has 0 atom stereocenters. The summed E-state index contributed by atoms with van der Waals surface area (Å²) in [7, 11) is 0. The highest BCUT2D eigenvalue weighted by molar-refractivity contribution is 6.12. The van der Waals surface area contributed by atoms with E-state index in [1.54, 1.807) is 0 Å². The molecule has 3 nitrogen and oxygen atoms in total. The van der Waals surface area contributed by atoms with Crippen LogP contribution in [0.3, 0.4) is 0 Å². The number of anilines is 6. The van der Waals surface area contributed by atoms with Gasteiger partial charge in [-0.1, -0.05) is 141 Å². The minimum absolute atomic E-state index is 0.160. The van der Waals surface area contributed by atoms with Crippen LogP contribution in [-0.4, -0.2) is 4.57 Å². The first-order chi connectivity index (χ1) is 30.5. The van der Waals surface area contributed by atoms with E-state index in [9.17, 15) is 0 Å². The highest BCUT2D eigenvalue weighted by atomic mass is 15.2. The molecule has 1 aliphatic heterocycles. The molecule has 0 amide bonds. The molecule has 0 saturated carbocycles. The fourth-order valence-electron chi connectivity index (χ4n) is 10.7. The zero-order valence-electron chi connectivity index (χ0n) is 34.5. The minimum Gasteiger partial charge on any atom is -0.310 e. The number of rotatable bonds is 3. The number of nitrogens with zero attached hydrogens (tertiary/aromatic N) is 3. The summed E-state index contributed by atoms with van der Waals surface area (Å²) in [5.41, 5.74) is 17.8. The topological polar surface area (TPSA) is 11.4 Å². The summed E-state index contributed by atoms with van der Waals surface area (Å²) in [6.07, 6.45) is 0. The Bertz CT molecular complexity index is 3630. The Morgan fingerprint density at radius 3 is 1.47 bits per heavy atom. The molecule has 2 heterocycles. The molecular weight excluding hydrogens is 751 g/mol. The second-order valence-corrected chi connectivity index (χ2v) is 17.4. The maximum atomic E-state index is 2.46. The second kappa shape index (κ2) is 13.1. The van der Waals surface area contributed by atoms with Crippen molar-refractivity contribution in [3.8, 4) is 27.9 Å². The molecule has 8 bridgehead atoms. The quantitative estimate of drug-likeness (QED) is 0.177. The van der Waals surface area contributed by atoms with E-state index in [2.05, 4.69) is 241 Å². The molecule has 292 valence electrons.